The number of allylic oxidation sites excluding steroid dienone is 1. The van der Waals surface area contributed by atoms with Crippen LogP contribution in [0.1, 0.15) is 16.1 Å². The second-order valence-electron chi connectivity index (χ2n) is 6.75. The van der Waals surface area contributed by atoms with Crippen LogP contribution >= 0.6 is 0 Å². The highest BCUT2D eigenvalue weighted by atomic mass is 16.4. The predicted molar refractivity (Wildman–Crippen MR) is 119 cm³/mol. The first-order chi connectivity index (χ1) is 15.5. The molecule has 0 fully saturated rings. The second kappa shape index (κ2) is 8.56. The Hall–Kier alpha value is -4.73. The van der Waals surface area contributed by atoms with E-state index >= 15 is 0 Å². The number of pyridine rings is 1. The molecule has 2 heterocycles. The molecule has 0 aliphatic carbocycles. The molecule has 1 amide bonds. The van der Waals surface area contributed by atoms with E-state index in [-0.39, 0.29) is 11.4 Å². The quantitative estimate of drug-likeness (QED) is 0.341. The molecule has 0 bridgehead atoms. The number of aliphatic carboxylic acids is 1. The number of nitrogens with one attached hydrogen (secondary N) is 1. The Balaban J connectivity index is 1.80. The molecule has 0 saturated heterocycles. The lowest BCUT2D eigenvalue weighted by atomic mass is 10.0. The average molecular weight is 430 g/mol. The Kier molecular flexibility index (Phi) is 5.49. The summed E-state index contributed by atoms with van der Waals surface area (Å²) in [7, 11) is 0. The van der Waals surface area contributed by atoms with Crippen LogP contribution in [0.25, 0.3) is 22.0 Å². The Morgan fingerprint density at radius 1 is 1.16 bits per heavy atom. The number of nitrogens with zero attached hydrogens (tertiary/aromatic N) is 4. The lowest BCUT2D eigenvalue weighted by Crippen LogP contribution is -2.31. The van der Waals surface area contributed by atoms with Gasteiger partial charge >= 0.3 is 5.97 Å². The van der Waals surface area contributed by atoms with Gasteiger partial charge in [-0.15, -0.1) is 0 Å². The normalized spacial score (nSPS) is 11.9. The number of rotatable bonds is 6. The van der Waals surface area contributed by atoms with E-state index in [1.165, 1.54) is 17.0 Å². The summed E-state index contributed by atoms with van der Waals surface area (Å²) in [6, 6.07) is 14.5. The monoisotopic (exact) mass is 430 g/mol. The molecule has 0 spiro atoms. The van der Waals surface area contributed by atoms with Crippen LogP contribution in [0, 0.1) is 0 Å². The number of carbonyl (C=O) groups is 2. The number of hydrogen-bond acceptors (Lipinski definition) is 7. The number of para-hydroxylation sites is 1. The summed E-state index contributed by atoms with van der Waals surface area (Å²) in [6.45, 7) is -0.600. The van der Waals surface area contributed by atoms with Gasteiger partial charge in [0.25, 0.3) is 5.91 Å². The third-order valence-electron chi connectivity index (χ3n) is 4.74. The molecule has 10 nitrogen and oxygen atoms in total. The van der Waals surface area contributed by atoms with Gasteiger partial charge in [0.2, 0.25) is 0 Å². The number of amides is 1. The van der Waals surface area contributed by atoms with E-state index in [9.17, 15) is 14.7 Å². The minimum atomic E-state index is -1.21. The van der Waals surface area contributed by atoms with Crippen LogP contribution in [0.15, 0.2) is 66.1 Å². The number of carboxylic acid groups (broad SMARTS) is 1. The molecule has 2 aromatic heterocycles. The zero-order valence-electron chi connectivity index (χ0n) is 16.6. The largest absolute Gasteiger partial charge is 0.505 e. The molecule has 0 aliphatic heterocycles. The maximum Gasteiger partial charge on any atom is 0.322 e. The maximum absolute atomic E-state index is 12.5. The fraction of sp³-hybridized carbons (Fsp3) is 0.0455. The van der Waals surface area contributed by atoms with Crippen LogP contribution in [0.4, 0.5) is 5.69 Å². The van der Waals surface area contributed by atoms with Gasteiger partial charge in [-0.3, -0.25) is 14.6 Å². The number of benzene rings is 2. The first-order valence-electron chi connectivity index (χ1n) is 9.49. The van der Waals surface area contributed by atoms with Crippen LogP contribution in [0.5, 0.6) is 5.75 Å². The minimum Gasteiger partial charge on any atom is -0.505 e. The Bertz CT molecular complexity index is 1390. The van der Waals surface area contributed by atoms with Gasteiger partial charge in [0.1, 0.15) is 12.9 Å². The topological polar surface area (TPSA) is 155 Å². The molecule has 10 heteroatoms. The van der Waals surface area contributed by atoms with Gasteiger partial charge in [-0.2, -0.15) is 5.10 Å². The standard InChI is InChI=1S/C22H18N6O4/c23-9-14(10-24-15-4-2-1-3-5-15)13-6-7-16-17(8-13)21-26-12-27-28(21)19(20(16)31)22(32)25-11-18(29)30/h1-10,12,31H,11,23H2,(H,25,32)(H,29,30)/b14-9+,24-10?. The third-order valence-corrected chi connectivity index (χ3v) is 4.74. The number of aromatic hydroxyl groups is 1. The first-order valence-corrected chi connectivity index (χ1v) is 9.49. The summed E-state index contributed by atoms with van der Waals surface area (Å²) in [4.78, 5) is 31.9. The summed E-state index contributed by atoms with van der Waals surface area (Å²) < 4.78 is 1.17. The fourth-order valence-corrected chi connectivity index (χ4v) is 3.25. The van der Waals surface area contributed by atoms with E-state index in [1.807, 2.05) is 30.3 Å². The highest BCUT2D eigenvalue weighted by molar-refractivity contribution is 6.13. The van der Waals surface area contributed by atoms with Gasteiger partial charge in [0.05, 0.1) is 5.69 Å². The zero-order valence-corrected chi connectivity index (χ0v) is 16.6. The number of aromatic nitrogens is 3. The molecule has 0 unspecified atom stereocenters. The molecule has 2 aromatic carbocycles. The Labute approximate surface area is 181 Å². The molecule has 4 rings (SSSR count). The summed E-state index contributed by atoms with van der Waals surface area (Å²) in [5.41, 5.74) is 8.04. The van der Waals surface area contributed by atoms with Crippen LogP contribution in [0.2, 0.25) is 0 Å². The number of aliphatic imine (C=N–C) groups is 1. The average Bonchev–Trinajstić information content (AvgIpc) is 3.28. The van der Waals surface area contributed by atoms with Crippen molar-refractivity contribution in [2.75, 3.05) is 6.54 Å². The summed E-state index contributed by atoms with van der Waals surface area (Å²) >= 11 is 0. The van der Waals surface area contributed by atoms with E-state index in [4.69, 9.17) is 10.8 Å². The van der Waals surface area contributed by atoms with Crippen LogP contribution in [-0.4, -0.2) is 49.4 Å². The van der Waals surface area contributed by atoms with Gasteiger partial charge in [-0.1, -0.05) is 24.3 Å². The number of carbonyl (C=O) groups excluding carboxylic acids is 1. The second-order valence-corrected chi connectivity index (χ2v) is 6.75. The van der Waals surface area contributed by atoms with Crippen molar-refractivity contribution in [1.29, 1.82) is 0 Å². The Morgan fingerprint density at radius 2 is 1.94 bits per heavy atom. The van der Waals surface area contributed by atoms with Crippen molar-refractivity contribution < 1.29 is 19.8 Å². The highest BCUT2D eigenvalue weighted by Crippen LogP contribution is 2.33. The van der Waals surface area contributed by atoms with Crippen molar-refractivity contribution in [3.63, 3.8) is 0 Å². The summed E-state index contributed by atoms with van der Waals surface area (Å²) in [6.07, 6.45) is 4.29. The van der Waals surface area contributed by atoms with Crippen LogP contribution in [0.3, 0.4) is 0 Å². The molecule has 4 aromatic rings. The van der Waals surface area contributed by atoms with Crippen molar-refractivity contribution in [2.45, 2.75) is 0 Å². The summed E-state index contributed by atoms with van der Waals surface area (Å²) in [5, 5.41) is 26.7. The molecular weight excluding hydrogens is 412 g/mol. The van der Waals surface area contributed by atoms with Gasteiger partial charge in [0, 0.05) is 28.8 Å². The predicted octanol–water partition coefficient (Wildman–Crippen LogP) is 2.10. The number of nitrogens with two attached hydrogens (primary N) is 1. The van der Waals surface area contributed by atoms with E-state index in [0.717, 1.165) is 5.69 Å². The van der Waals surface area contributed by atoms with Gasteiger partial charge in [-0.25, -0.2) is 9.50 Å². The van der Waals surface area contributed by atoms with Gasteiger partial charge in [-0.05, 0) is 29.8 Å². The molecule has 0 saturated carbocycles. The van der Waals surface area contributed by atoms with Crippen molar-refractivity contribution in [1.82, 2.24) is 19.9 Å². The smallest absolute Gasteiger partial charge is 0.322 e. The van der Waals surface area contributed by atoms with E-state index in [2.05, 4.69) is 20.4 Å². The van der Waals surface area contributed by atoms with Crippen molar-refractivity contribution >= 4 is 45.8 Å². The van der Waals surface area contributed by atoms with E-state index in [0.29, 0.717) is 27.6 Å². The van der Waals surface area contributed by atoms with Crippen molar-refractivity contribution in [3.8, 4) is 5.75 Å². The number of fused-ring (bicyclic) bond motifs is 3. The fourth-order valence-electron chi connectivity index (χ4n) is 3.25. The molecule has 160 valence electrons. The van der Waals surface area contributed by atoms with E-state index < -0.39 is 18.4 Å². The van der Waals surface area contributed by atoms with Crippen molar-refractivity contribution in [3.05, 3.63) is 72.3 Å². The molecule has 32 heavy (non-hydrogen) atoms. The molecule has 0 radical (unpaired) electrons. The van der Waals surface area contributed by atoms with E-state index in [1.54, 1.807) is 24.4 Å². The number of hydrogen-bond donors (Lipinski definition) is 4. The lowest BCUT2D eigenvalue weighted by Gasteiger charge is -2.12. The summed E-state index contributed by atoms with van der Waals surface area (Å²) in [5.74, 6) is -2.34. The van der Waals surface area contributed by atoms with Crippen LogP contribution in [-0.2, 0) is 4.79 Å². The maximum atomic E-state index is 12.5. The van der Waals surface area contributed by atoms with Crippen LogP contribution < -0.4 is 11.1 Å². The third kappa shape index (κ3) is 3.84. The highest BCUT2D eigenvalue weighted by Gasteiger charge is 2.22. The first kappa shape index (κ1) is 20.5. The molecule has 5 N–H and O–H groups in total. The minimum absolute atomic E-state index is 0.209. The SMILES string of the molecule is N/C=C(\C=Nc1ccccc1)c1ccc2c(O)c(C(=O)NCC(=O)O)n3ncnc3c2c1. The van der Waals surface area contributed by atoms with Gasteiger partial charge < -0.3 is 21.3 Å². The molecule has 0 atom stereocenters. The molecular formula is C22H18N6O4. The number of carboxylic acids is 1. The Morgan fingerprint density at radius 3 is 2.66 bits per heavy atom. The zero-order chi connectivity index (χ0) is 22.7. The lowest BCUT2D eigenvalue weighted by molar-refractivity contribution is -0.135. The van der Waals surface area contributed by atoms with Crippen molar-refractivity contribution in [2.24, 2.45) is 10.7 Å². The van der Waals surface area contributed by atoms with Gasteiger partial charge in [0.15, 0.2) is 17.1 Å². The molecule has 0 aliphatic rings.